The molecule has 3 aromatic rings. The Morgan fingerprint density at radius 2 is 2.10 bits per heavy atom. The van der Waals surface area contributed by atoms with Gasteiger partial charge in [-0.25, -0.2) is 9.78 Å². The first-order chi connectivity index (χ1) is 14.5. The Kier molecular flexibility index (Phi) is 5.88. The lowest BCUT2D eigenvalue weighted by Crippen LogP contribution is -2.45. The van der Waals surface area contributed by atoms with Gasteiger partial charge in [0.2, 0.25) is 0 Å². The Labute approximate surface area is 175 Å². The van der Waals surface area contributed by atoms with E-state index in [0.717, 1.165) is 49.8 Å². The van der Waals surface area contributed by atoms with E-state index in [1.54, 1.807) is 19.2 Å². The van der Waals surface area contributed by atoms with Crippen molar-refractivity contribution >= 4 is 16.9 Å². The summed E-state index contributed by atoms with van der Waals surface area (Å²) in [7, 11) is 0. The smallest absolute Gasteiger partial charge is 0.336 e. The van der Waals surface area contributed by atoms with Gasteiger partial charge >= 0.3 is 5.63 Å². The summed E-state index contributed by atoms with van der Waals surface area (Å²) in [6, 6.07) is 6.91. The molecule has 1 aliphatic heterocycles. The predicted octanol–water partition coefficient (Wildman–Crippen LogP) is 3.26. The van der Waals surface area contributed by atoms with Gasteiger partial charge in [0, 0.05) is 49.5 Å². The minimum Gasteiger partial charge on any atom is -0.481 e. The highest BCUT2D eigenvalue weighted by Crippen LogP contribution is 2.25. The molecule has 3 heterocycles. The second kappa shape index (κ2) is 8.73. The van der Waals surface area contributed by atoms with Gasteiger partial charge in [0.25, 0.3) is 5.91 Å². The van der Waals surface area contributed by atoms with E-state index < -0.39 is 6.10 Å². The van der Waals surface area contributed by atoms with Crippen LogP contribution in [0.2, 0.25) is 0 Å². The average Bonchev–Trinajstić information content (AvgIpc) is 3.26. The van der Waals surface area contributed by atoms with Crippen molar-refractivity contribution in [3.05, 3.63) is 59.0 Å². The Bertz CT molecular complexity index is 1070. The molecule has 4 rings (SSSR count). The third-order valence-corrected chi connectivity index (χ3v) is 5.80. The number of hydrogen-bond donors (Lipinski definition) is 0. The first-order valence-corrected chi connectivity index (χ1v) is 10.5. The molecule has 0 spiro atoms. The maximum Gasteiger partial charge on any atom is 0.336 e. The lowest BCUT2D eigenvalue weighted by atomic mass is 9.96. The number of imidazole rings is 1. The van der Waals surface area contributed by atoms with Crippen LogP contribution in [0.4, 0.5) is 0 Å². The molecular weight excluding hydrogens is 382 g/mol. The van der Waals surface area contributed by atoms with Crippen molar-refractivity contribution < 1.29 is 13.9 Å². The van der Waals surface area contributed by atoms with Crippen LogP contribution < -0.4 is 10.4 Å². The van der Waals surface area contributed by atoms with Crippen molar-refractivity contribution in [2.45, 2.75) is 45.8 Å². The molecule has 0 radical (unpaired) electrons. The highest BCUT2D eigenvalue weighted by Gasteiger charge is 2.27. The number of aromatic nitrogens is 2. The topological polar surface area (TPSA) is 77.6 Å². The Balaban J connectivity index is 1.37. The monoisotopic (exact) mass is 409 g/mol. The van der Waals surface area contributed by atoms with Gasteiger partial charge in [0.1, 0.15) is 11.3 Å². The summed E-state index contributed by atoms with van der Waals surface area (Å²) in [6.45, 7) is 6.17. The van der Waals surface area contributed by atoms with E-state index in [0.29, 0.717) is 17.3 Å². The van der Waals surface area contributed by atoms with E-state index in [2.05, 4.69) is 9.55 Å². The molecule has 1 atom stereocenters. The van der Waals surface area contributed by atoms with Crippen molar-refractivity contribution in [3.8, 4) is 5.75 Å². The molecule has 1 fully saturated rings. The summed E-state index contributed by atoms with van der Waals surface area (Å²) in [5.41, 5.74) is 1.05. The van der Waals surface area contributed by atoms with Gasteiger partial charge in [-0.15, -0.1) is 0 Å². The number of aryl methyl sites for hydroxylation is 1. The van der Waals surface area contributed by atoms with E-state index >= 15 is 0 Å². The second-order valence-corrected chi connectivity index (χ2v) is 7.89. The maximum atomic E-state index is 12.9. The number of carbonyl (C=O) groups is 1. The molecule has 30 heavy (non-hydrogen) atoms. The van der Waals surface area contributed by atoms with Gasteiger partial charge in [0.15, 0.2) is 6.10 Å². The molecular formula is C23H27N3O4. The molecule has 1 unspecified atom stereocenters. The van der Waals surface area contributed by atoms with Gasteiger partial charge in [-0.05, 0) is 49.8 Å². The zero-order chi connectivity index (χ0) is 21.1. The standard InChI is InChI=1S/C23H27N3O4/c1-3-18-12-22(27)30-21-13-19(4-5-20(18)21)29-16(2)23(28)26-9-6-17(7-10-26)14-25-11-8-24-15-25/h4-5,8,11-13,15-17H,3,6-7,9-10,14H2,1-2H3. The van der Waals surface area contributed by atoms with Gasteiger partial charge in [0.05, 0.1) is 6.33 Å². The van der Waals surface area contributed by atoms with E-state index in [1.165, 1.54) is 6.07 Å². The fraction of sp³-hybridized carbons (Fsp3) is 0.435. The average molecular weight is 409 g/mol. The molecule has 0 aliphatic carbocycles. The number of amides is 1. The second-order valence-electron chi connectivity index (χ2n) is 7.89. The fourth-order valence-corrected chi connectivity index (χ4v) is 4.12. The number of ether oxygens (including phenoxy) is 1. The van der Waals surface area contributed by atoms with Gasteiger partial charge in [-0.2, -0.15) is 0 Å². The molecule has 0 bridgehead atoms. The van der Waals surface area contributed by atoms with Crippen molar-refractivity contribution in [2.75, 3.05) is 13.1 Å². The van der Waals surface area contributed by atoms with Gasteiger partial charge < -0.3 is 18.6 Å². The molecule has 0 N–H and O–H groups in total. The highest BCUT2D eigenvalue weighted by atomic mass is 16.5. The number of carbonyl (C=O) groups excluding carboxylic acids is 1. The van der Waals surface area contributed by atoms with Crippen LogP contribution in [0.25, 0.3) is 11.0 Å². The lowest BCUT2D eigenvalue weighted by molar-refractivity contribution is -0.139. The molecule has 1 aliphatic rings. The Morgan fingerprint density at radius 1 is 1.30 bits per heavy atom. The summed E-state index contributed by atoms with van der Waals surface area (Å²) in [5, 5.41) is 0.892. The Hall–Kier alpha value is -3.09. The van der Waals surface area contributed by atoms with E-state index in [4.69, 9.17) is 9.15 Å². The number of benzene rings is 1. The molecule has 1 aromatic carbocycles. The predicted molar refractivity (Wildman–Crippen MR) is 113 cm³/mol. The maximum absolute atomic E-state index is 12.9. The first-order valence-electron chi connectivity index (χ1n) is 10.5. The molecule has 0 saturated carbocycles. The number of piperidine rings is 1. The Morgan fingerprint density at radius 3 is 2.80 bits per heavy atom. The zero-order valence-corrected chi connectivity index (χ0v) is 17.4. The highest BCUT2D eigenvalue weighted by molar-refractivity contribution is 5.83. The van der Waals surface area contributed by atoms with E-state index in [-0.39, 0.29) is 11.5 Å². The molecule has 7 heteroatoms. The molecule has 2 aromatic heterocycles. The van der Waals surface area contributed by atoms with Crippen molar-refractivity contribution in [2.24, 2.45) is 5.92 Å². The minimum atomic E-state index is -0.603. The van der Waals surface area contributed by atoms with Crippen LogP contribution in [0.15, 0.2) is 52.2 Å². The third kappa shape index (κ3) is 4.40. The quantitative estimate of drug-likeness (QED) is 0.584. The largest absolute Gasteiger partial charge is 0.481 e. The van der Waals surface area contributed by atoms with E-state index in [1.807, 2.05) is 36.5 Å². The summed E-state index contributed by atoms with van der Waals surface area (Å²) < 4.78 is 13.3. The van der Waals surface area contributed by atoms with Gasteiger partial charge in [-0.3, -0.25) is 4.79 Å². The number of fused-ring (bicyclic) bond motifs is 1. The van der Waals surface area contributed by atoms with Crippen LogP contribution in [0.1, 0.15) is 32.3 Å². The van der Waals surface area contributed by atoms with Crippen LogP contribution in [0, 0.1) is 5.92 Å². The first kappa shape index (κ1) is 20.2. The fourth-order valence-electron chi connectivity index (χ4n) is 4.12. The number of hydrogen-bond acceptors (Lipinski definition) is 5. The van der Waals surface area contributed by atoms with Crippen LogP contribution >= 0.6 is 0 Å². The van der Waals surface area contributed by atoms with Crippen LogP contribution in [-0.2, 0) is 17.8 Å². The molecule has 1 amide bonds. The van der Waals surface area contributed by atoms with E-state index in [9.17, 15) is 9.59 Å². The van der Waals surface area contributed by atoms with Crippen LogP contribution in [-0.4, -0.2) is 39.6 Å². The summed E-state index contributed by atoms with van der Waals surface area (Å²) in [4.78, 5) is 30.6. The van der Waals surface area contributed by atoms with Gasteiger partial charge in [-0.1, -0.05) is 6.92 Å². The summed E-state index contributed by atoms with van der Waals surface area (Å²) >= 11 is 0. The minimum absolute atomic E-state index is 0.0139. The molecule has 158 valence electrons. The number of likely N-dealkylation sites (tertiary alicyclic amines) is 1. The van der Waals surface area contributed by atoms with Crippen molar-refractivity contribution in [1.29, 1.82) is 0 Å². The van der Waals surface area contributed by atoms with Crippen LogP contribution in [0.5, 0.6) is 5.75 Å². The summed E-state index contributed by atoms with van der Waals surface area (Å²) in [5.74, 6) is 1.06. The zero-order valence-electron chi connectivity index (χ0n) is 17.4. The van der Waals surface area contributed by atoms with Crippen molar-refractivity contribution in [3.63, 3.8) is 0 Å². The molecule has 7 nitrogen and oxygen atoms in total. The summed E-state index contributed by atoms with van der Waals surface area (Å²) in [6.07, 6.45) is 7.68. The third-order valence-electron chi connectivity index (χ3n) is 5.80. The normalized spacial score (nSPS) is 16.0. The SMILES string of the molecule is CCc1cc(=O)oc2cc(OC(C)C(=O)N3CCC(Cn4ccnc4)CC3)ccc12. The van der Waals surface area contributed by atoms with Crippen LogP contribution in [0.3, 0.4) is 0 Å². The lowest BCUT2D eigenvalue weighted by Gasteiger charge is -2.33. The van der Waals surface area contributed by atoms with Crippen molar-refractivity contribution in [1.82, 2.24) is 14.5 Å². The number of nitrogens with zero attached hydrogens (tertiary/aromatic N) is 3. The molecule has 1 saturated heterocycles. The number of rotatable bonds is 6.